The van der Waals surface area contributed by atoms with Gasteiger partial charge in [0, 0.05) is 43.8 Å². The summed E-state index contributed by atoms with van der Waals surface area (Å²) < 4.78 is 117. The highest BCUT2D eigenvalue weighted by molar-refractivity contribution is 6.12. The van der Waals surface area contributed by atoms with Crippen molar-refractivity contribution in [2.24, 2.45) is 0 Å². The van der Waals surface area contributed by atoms with Crippen LogP contribution in [0.15, 0.2) is 223 Å². The number of hydrogen-bond donors (Lipinski definition) is 0. The fourth-order valence-corrected chi connectivity index (χ4v) is 8.09. The lowest BCUT2D eigenvalue weighted by molar-refractivity contribution is 0.670. The van der Waals surface area contributed by atoms with Crippen LogP contribution in [0.2, 0.25) is 0 Å². The first-order valence-electron chi connectivity index (χ1n) is 25.9. The topological polar surface area (TPSA) is 56.7 Å². The summed E-state index contributed by atoms with van der Waals surface area (Å²) in [7, 11) is 0. The van der Waals surface area contributed by atoms with Crippen LogP contribution in [-0.2, 0) is 0 Å². The first kappa shape index (κ1) is 25.3. The molecular formula is C57H36N4O. The largest absolute Gasteiger partial charge is 0.455 e. The van der Waals surface area contributed by atoms with Crippen molar-refractivity contribution in [1.82, 2.24) is 19.5 Å². The lowest BCUT2D eigenvalue weighted by atomic mass is 9.98. The third kappa shape index (κ3) is 6.06. The number of hydrogen-bond acceptors (Lipinski definition) is 4. The van der Waals surface area contributed by atoms with E-state index in [1.54, 1.807) is 12.1 Å². The van der Waals surface area contributed by atoms with Crippen LogP contribution in [0.25, 0.3) is 117 Å². The maximum atomic E-state index is 9.81. The zero-order chi connectivity index (χ0) is 51.4. The quantitative estimate of drug-likeness (QED) is 0.161. The van der Waals surface area contributed by atoms with E-state index in [1.807, 2.05) is 133 Å². The molecule has 0 radical (unpaired) electrons. The molecule has 0 aliphatic rings. The third-order valence-corrected chi connectivity index (χ3v) is 11.0. The summed E-state index contributed by atoms with van der Waals surface area (Å²) in [6.07, 6.45) is 0. The van der Waals surface area contributed by atoms with Crippen LogP contribution < -0.4 is 0 Å². The maximum absolute atomic E-state index is 9.81. The highest BCUT2D eigenvalue weighted by Crippen LogP contribution is 2.42. The van der Waals surface area contributed by atoms with E-state index in [9.17, 15) is 6.85 Å². The molecular weight excluding hydrogens is 757 g/mol. The Labute approximate surface area is 374 Å². The molecule has 0 spiro atoms. The van der Waals surface area contributed by atoms with Gasteiger partial charge in [0.1, 0.15) is 11.2 Å². The van der Waals surface area contributed by atoms with Crippen molar-refractivity contribution in [1.29, 1.82) is 0 Å². The molecule has 0 aliphatic carbocycles. The van der Waals surface area contributed by atoms with Gasteiger partial charge < -0.3 is 8.98 Å². The van der Waals surface area contributed by atoms with Gasteiger partial charge in [0.05, 0.1) is 33.2 Å². The number of benzene rings is 9. The Hall–Kier alpha value is -8.41. The van der Waals surface area contributed by atoms with Gasteiger partial charge in [-0.3, -0.25) is 0 Å². The molecule has 290 valence electrons. The van der Waals surface area contributed by atoms with E-state index in [-0.39, 0.29) is 33.3 Å². The fraction of sp³-hybridized carbons (Fsp3) is 0. The Morgan fingerprint density at radius 3 is 1.81 bits per heavy atom. The lowest BCUT2D eigenvalue weighted by Crippen LogP contribution is -2.04. The summed E-state index contributed by atoms with van der Waals surface area (Å²) in [5.74, 6) is 0.744. The summed E-state index contributed by atoms with van der Waals surface area (Å²) in [5, 5.41) is 1.41. The zero-order valence-corrected chi connectivity index (χ0v) is 32.6. The molecule has 62 heavy (non-hydrogen) atoms. The van der Waals surface area contributed by atoms with Crippen LogP contribution in [0.3, 0.4) is 0 Å². The van der Waals surface area contributed by atoms with E-state index < -0.39 is 83.6 Å². The smallest absolute Gasteiger partial charge is 0.166 e. The third-order valence-electron chi connectivity index (χ3n) is 11.0. The van der Waals surface area contributed by atoms with Crippen LogP contribution in [-0.4, -0.2) is 19.5 Å². The monoisotopic (exact) mass is 804 g/mol. The summed E-state index contributed by atoms with van der Waals surface area (Å²) in [5.41, 5.74) is 5.19. The minimum Gasteiger partial charge on any atom is -0.455 e. The number of nitrogens with zero attached hydrogens (tertiary/aromatic N) is 4. The summed E-state index contributed by atoms with van der Waals surface area (Å²) in [4.78, 5) is 15.3. The van der Waals surface area contributed by atoms with Gasteiger partial charge in [-0.2, -0.15) is 0 Å². The molecule has 5 nitrogen and oxygen atoms in total. The predicted molar refractivity (Wildman–Crippen MR) is 254 cm³/mol. The molecule has 9 aromatic carbocycles. The van der Waals surface area contributed by atoms with E-state index in [2.05, 4.69) is 0 Å². The van der Waals surface area contributed by atoms with Gasteiger partial charge >= 0.3 is 0 Å². The van der Waals surface area contributed by atoms with Crippen molar-refractivity contribution in [3.63, 3.8) is 0 Å². The van der Waals surface area contributed by atoms with E-state index in [0.717, 1.165) is 21.9 Å². The second-order valence-corrected chi connectivity index (χ2v) is 14.7. The number of fused-ring (bicyclic) bond motifs is 6. The van der Waals surface area contributed by atoms with Gasteiger partial charge in [-0.05, 0) is 64.1 Å². The van der Waals surface area contributed by atoms with Crippen molar-refractivity contribution in [2.75, 3.05) is 0 Å². The van der Waals surface area contributed by atoms with Gasteiger partial charge in [-0.15, -0.1) is 0 Å². The summed E-state index contributed by atoms with van der Waals surface area (Å²) in [6, 6.07) is 38.3. The molecule has 0 atom stereocenters. The first-order valence-corrected chi connectivity index (χ1v) is 19.9. The lowest BCUT2D eigenvalue weighted by Gasteiger charge is -2.16. The van der Waals surface area contributed by atoms with Crippen molar-refractivity contribution < 1.29 is 20.9 Å². The van der Waals surface area contributed by atoms with Crippen LogP contribution in [0.4, 0.5) is 0 Å². The second-order valence-electron chi connectivity index (χ2n) is 14.7. The Bertz CT molecular complexity index is 4300. The molecule has 0 unspecified atom stereocenters. The van der Waals surface area contributed by atoms with Crippen molar-refractivity contribution in [3.05, 3.63) is 218 Å². The molecule has 12 rings (SSSR count). The van der Waals surface area contributed by atoms with Crippen molar-refractivity contribution >= 4 is 43.7 Å². The average molecular weight is 805 g/mol. The molecule has 0 fully saturated rings. The fourth-order valence-electron chi connectivity index (χ4n) is 8.09. The highest BCUT2D eigenvalue weighted by atomic mass is 16.3. The minimum atomic E-state index is -0.711. The number of rotatable bonds is 7. The number of furan rings is 1. The molecule has 3 aromatic heterocycles. The Kier molecular flexibility index (Phi) is 5.99. The molecule has 0 saturated carbocycles. The van der Waals surface area contributed by atoms with Crippen molar-refractivity contribution in [2.45, 2.75) is 0 Å². The van der Waals surface area contributed by atoms with Crippen LogP contribution >= 0.6 is 0 Å². The van der Waals surface area contributed by atoms with E-state index in [1.165, 1.54) is 4.57 Å². The van der Waals surface area contributed by atoms with E-state index in [0.29, 0.717) is 50.6 Å². The molecule has 0 saturated heterocycles. The van der Waals surface area contributed by atoms with Gasteiger partial charge in [-0.25, -0.2) is 15.0 Å². The Morgan fingerprint density at radius 2 is 1.00 bits per heavy atom. The maximum Gasteiger partial charge on any atom is 0.166 e. The summed E-state index contributed by atoms with van der Waals surface area (Å²) >= 11 is 0. The van der Waals surface area contributed by atoms with Gasteiger partial charge in [0.2, 0.25) is 0 Å². The molecule has 0 amide bonds. The Balaban J connectivity index is 1.21. The zero-order valence-electron chi connectivity index (χ0n) is 44.6. The van der Waals surface area contributed by atoms with Crippen LogP contribution in [0, 0.1) is 0 Å². The average Bonchev–Trinajstić information content (AvgIpc) is 4.02. The highest BCUT2D eigenvalue weighted by Gasteiger charge is 2.22. The molecule has 3 heterocycles. The van der Waals surface area contributed by atoms with Crippen molar-refractivity contribution in [3.8, 4) is 73.2 Å². The molecule has 0 bridgehead atoms. The minimum absolute atomic E-state index is 0.130. The molecule has 12 aromatic rings. The number of aromatic nitrogens is 4. The van der Waals surface area contributed by atoms with E-state index >= 15 is 0 Å². The molecule has 0 N–H and O–H groups in total. The van der Waals surface area contributed by atoms with Gasteiger partial charge in [-0.1, -0.05) is 182 Å². The molecule has 5 heteroatoms. The normalized spacial score (nSPS) is 14.3. The SMILES string of the molecule is [2H]c1c([2H])c([2H])c(-c2c([2H])c([2H])c3c(c2[2H])c2c([2H])c([2H])c([2H])c([2H])c2n3-c2ccc(-c3cccc4c3oc3ccccc34)cc2-c2nc(-c3ccccc3)nc(-c3ccc(-c4ccccc4)cc3)n2)c([2H])c1[2H]. The second kappa shape index (κ2) is 14.7. The molecule has 0 aliphatic heterocycles. The standard InChI is InChI=1S/C57H36N4O/c1-4-15-37(16-5-1)39-27-29-41(30-28-39)56-58-55(40-19-8-3-9-20-40)59-57(60-56)49-36-43(44-23-14-24-47-46-22-11-13-26-53(46)62-54(44)47)32-34-52(49)61-50-25-12-10-21-45(50)48-35-42(31-33-51(48)61)38-17-6-2-7-18-38/h1-36H/i2D,6D,7D,10D,12D,17D,18D,21D,25D,31D,33D,35D. The van der Waals surface area contributed by atoms with Crippen LogP contribution in [0.1, 0.15) is 16.4 Å². The van der Waals surface area contributed by atoms with Crippen LogP contribution in [0.5, 0.6) is 0 Å². The predicted octanol–water partition coefficient (Wildman–Crippen LogP) is 14.9. The van der Waals surface area contributed by atoms with Gasteiger partial charge in [0.15, 0.2) is 17.5 Å². The Morgan fingerprint density at radius 1 is 0.387 bits per heavy atom. The number of para-hydroxylation sites is 3. The van der Waals surface area contributed by atoms with E-state index in [4.69, 9.17) is 29.0 Å². The van der Waals surface area contributed by atoms with Gasteiger partial charge in [0.25, 0.3) is 0 Å². The first-order chi connectivity index (χ1) is 35.7. The summed E-state index contributed by atoms with van der Waals surface area (Å²) in [6.45, 7) is 0.